The van der Waals surface area contributed by atoms with Gasteiger partial charge in [-0.05, 0) is 46.5 Å². The van der Waals surface area contributed by atoms with E-state index in [4.69, 9.17) is 19.4 Å². The number of para-hydroxylation sites is 2. The molecule has 0 fully saturated rings. The van der Waals surface area contributed by atoms with E-state index in [0.29, 0.717) is 17.6 Å². The van der Waals surface area contributed by atoms with E-state index in [1.165, 1.54) is 38.4 Å². The second-order valence-corrected chi connectivity index (χ2v) is 12.8. The molecule has 1 aliphatic carbocycles. The summed E-state index contributed by atoms with van der Waals surface area (Å²) in [6, 6.07) is 46.2. The van der Waals surface area contributed by atoms with Crippen molar-refractivity contribution in [2.75, 3.05) is 0 Å². The molecule has 9 aromatic rings. The van der Waals surface area contributed by atoms with E-state index in [1.54, 1.807) is 0 Å². The lowest BCUT2D eigenvalue weighted by Crippen LogP contribution is -2.16. The summed E-state index contributed by atoms with van der Waals surface area (Å²) in [4.78, 5) is 15.2. The Labute approximate surface area is 270 Å². The highest BCUT2D eigenvalue weighted by molar-refractivity contribution is 6.17. The number of hydrogen-bond donors (Lipinski definition) is 0. The van der Waals surface area contributed by atoms with Crippen LogP contribution in [0.2, 0.25) is 0 Å². The molecular formula is C42H28N4O. The fourth-order valence-corrected chi connectivity index (χ4v) is 7.86. The van der Waals surface area contributed by atoms with Crippen LogP contribution in [0.25, 0.3) is 83.6 Å². The molecule has 0 saturated carbocycles. The van der Waals surface area contributed by atoms with Gasteiger partial charge >= 0.3 is 0 Å². The van der Waals surface area contributed by atoms with E-state index < -0.39 is 0 Å². The predicted octanol–water partition coefficient (Wildman–Crippen LogP) is 10.5. The fourth-order valence-electron chi connectivity index (χ4n) is 7.86. The van der Waals surface area contributed by atoms with Gasteiger partial charge in [0.15, 0.2) is 11.6 Å². The summed E-state index contributed by atoms with van der Waals surface area (Å²) >= 11 is 0. The van der Waals surface area contributed by atoms with Gasteiger partial charge in [0.2, 0.25) is 5.95 Å². The minimum atomic E-state index is -0.297. The van der Waals surface area contributed by atoms with Crippen molar-refractivity contribution in [3.05, 3.63) is 145 Å². The lowest BCUT2D eigenvalue weighted by atomic mass is 9.79. The number of hydrogen-bond acceptors (Lipinski definition) is 4. The molecule has 0 bridgehead atoms. The first-order valence-corrected chi connectivity index (χ1v) is 16.0. The fraction of sp³-hybridized carbons (Fsp3) is 0.0714. The lowest BCUT2D eigenvalue weighted by Gasteiger charge is -2.23. The highest BCUT2D eigenvalue weighted by atomic mass is 16.3. The number of fused-ring (bicyclic) bond motifs is 11. The van der Waals surface area contributed by atoms with Crippen LogP contribution in [0.15, 0.2) is 138 Å². The third-order valence-electron chi connectivity index (χ3n) is 9.81. The van der Waals surface area contributed by atoms with Gasteiger partial charge in [-0.2, -0.15) is 9.97 Å². The van der Waals surface area contributed by atoms with Crippen molar-refractivity contribution in [2.45, 2.75) is 19.3 Å². The van der Waals surface area contributed by atoms with Gasteiger partial charge in [0.1, 0.15) is 11.2 Å². The minimum absolute atomic E-state index is 0.297. The molecule has 47 heavy (non-hydrogen) atoms. The minimum Gasteiger partial charge on any atom is -0.456 e. The van der Waals surface area contributed by atoms with E-state index in [2.05, 4.69) is 85.1 Å². The van der Waals surface area contributed by atoms with Gasteiger partial charge in [-0.25, -0.2) is 4.98 Å². The molecule has 0 spiro atoms. The highest BCUT2D eigenvalue weighted by Crippen LogP contribution is 2.56. The van der Waals surface area contributed by atoms with Crippen molar-refractivity contribution in [3.63, 3.8) is 0 Å². The van der Waals surface area contributed by atoms with E-state index in [1.807, 2.05) is 66.7 Å². The van der Waals surface area contributed by atoms with Gasteiger partial charge in [0.05, 0.1) is 11.0 Å². The third kappa shape index (κ3) is 3.62. The summed E-state index contributed by atoms with van der Waals surface area (Å²) in [6.45, 7) is 4.71. The molecule has 0 saturated heterocycles. The quantitative estimate of drug-likeness (QED) is 0.201. The molecule has 0 unspecified atom stereocenters. The molecule has 0 radical (unpaired) electrons. The van der Waals surface area contributed by atoms with Gasteiger partial charge < -0.3 is 4.42 Å². The molecule has 0 aliphatic heterocycles. The lowest BCUT2D eigenvalue weighted by molar-refractivity contribution is 0.660. The molecule has 0 N–H and O–H groups in total. The van der Waals surface area contributed by atoms with Crippen LogP contribution in [0.1, 0.15) is 25.0 Å². The van der Waals surface area contributed by atoms with E-state index in [-0.39, 0.29) is 5.41 Å². The van der Waals surface area contributed by atoms with E-state index in [0.717, 1.165) is 38.7 Å². The van der Waals surface area contributed by atoms with Gasteiger partial charge in [-0.1, -0.05) is 123 Å². The molecule has 5 heteroatoms. The Bertz CT molecular complexity index is 2640. The van der Waals surface area contributed by atoms with Crippen molar-refractivity contribution < 1.29 is 4.42 Å². The molecule has 1 aliphatic rings. The van der Waals surface area contributed by atoms with Crippen molar-refractivity contribution in [1.82, 2.24) is 19.5 Å². The molecule has 0 atom stereocenters. The molecule has 6 aromatic carbocycles. The summed E-state index contributed by atoms with van der Waals surface area (Å²) in [5.41, 5.74) is 10.7. The standard InChI is InChI=1S/C42H28N4O/c1-42(2)37-27(28-22-24-34-36(38(28)42)30-18-10-12-20-33(30)47-34)21-23-32-35(37)29-17-9-11-19-31(29)46(32)41-44-39(25-13-5-3-6-14-25)43-40(45-41)26-15-7-4-8-16-26/h3-24H,1-2H3. The number of rotatable bonds is 3. The summed E-state index contributed by atoms with van der Waals surface area (Å²) in [7, 11) is 0. The number of nitrogens with zero attached hydrogens (tertiary/aromatic N) is 4. The van der Waals surface area contributed by atoms with Gasteiger partial charge in [-0.15, -0.1) is 0 Å². The maximum absolute atomic E-state index is 6.36. The number of furan rings is 1. The SMILES string of the molecule is CC1(C)c2c(ccc3oc4ccccc4c23)-c2ccc3c(c21)c1ccccc1n3-c1nc(-c2ccccc2)nc(-c2ccccc2)n1. The first-order valence-electron chi connectivity index (χ1n) is 16.0. The van der Waals surface area contributed by atoms with E-state index >= 15 is 0 Å². The van der Waals surface area contributed by atoms with Gasteiger partial charge in [0.25, 0.3) is 0 Å². The topological polar surface area (TPSA) is 56.7 Å². The van der Waals surface area contributed by atoms with Crippen molar-refractivity contribution in [2.24, 2.45) is 0 Å². The van der Waals surface area contributed by atoms with Crippen molar-refractivity contribution in [1.29, 1.82) is 0 Å². The largest absolute Gasteiger partial charge is 0.456 e. The van der Waals surface area contributed by atoms with Gasteiger partial charge in [0, 0.05) is 38.1 Å². The van der Waals surface area contributed by atoms with Crippen LogP contribution in [0.3, 0.4) is 0 Å². The van der Waals surface area contributed by atoms with Crippen LogP contribution in [0, 0.1) is 0 Å². The molecule has 0 amide bonds. The Balaban J connectivity index is 1.29. The maximum Gasteiger partial charge on any atom is 0.238 e. The zero-order valence-corrected chi connectivity index (χ0v) is 25.9. The second-order valence-electron chi connectivity index (χ2n) is 12.8. The van der Waals surface area contributed by atoms with Crippen molar-refractivity contribution in [3.8, 4) is 39.9 Å². The normalized spacial score (nSPS) is 13.5. The van der Waals surface area contributed by atoms with Crippen LogP contribution in [0.5, 0.6) is 0 Å². The predicted molar refractivity (Wildman–Crippen MR) is 190 cm³/mol. The zero-order valence-electron chi connectivity index (χ0n) is 25.9. The summed E-state index contributed by atoms with van der Waals surface area (Å²) in [6.07, 6.45) is 0. The molecular weight excluding hydrogens is 576 g/mol. The van der Waals surface area contributed by atoms with Gasteiger partial charge in [-0.3, -0.25) is 4.57 Å². The van der Waals surface area contributed by atoms with Crippen LogP contribution in [0.4, 0.5) is 0 Å². The molecule has 5 nitrogen and oxygen atoms in total. The van der Waals surface area contributed by atoms with Crippen LogP contribution in [-0.2, 0) is 5.41 Å². The number of benzene rings is 6. The summed E-state index contributed by atoms with van der Waals surface area (Å²) in [5.74, 6) is 1.88. The Hall–Kier alpha value is -6.07. The first-order chi connectivity index (χ1) is 23.1. The van der Waals surface area contributed by atoms with Crippen LogP contribution < -0.4 is 0 Å². The molecule has 3 aromatic heterocycles. The molecule has 222 valence electrons. The highest BCUT2D eigenvalue weighted by Gasteiger charge is 2.40. The smallest absolute Gasteiger partial charge is 0.238 e. The van der Waals surface area contributed by atoms with Crippen molar-refractivity contribution >= 4 is 43.7 Å². The summed E-state index contributed by atoms with van der Waals surface area (Å²) < 4.78 is 8.57. The Kier molecular flexibility index (Phi) is 5.28. The second kappa shape index (κ2) is 9.47. The molecule has 3 heterocycles. The zero-order chi connectivity index (χ0) is 31.3. The van der Waals surface area contributed by atoms with E-state index in [9.17, 15) is 0 Å². The summed E-state index contributed by atoms with van der Waals surface area (Å²) in [5, 5.41) is 4.76. The average Bonchev–Trinajstić information content (AvgIpc) is 3.74. The Morgan fingerprint density at radius 1 is 0.489 bits per heavy atom. The third-order valence-corrected chi connectivity index (χ3v) is 9.81. The Morgan fingerprint density at radius 3 is 1.77 bits per heavy atom. The number of aromatic nitrogens is 4. The molecule has 10 rings (SSSR count). The van der Waals surface area contributed by atoms with Crippen LogP contribution in [-0.4, -0.2) is 19.5 Å². The first kappa shape index (κ1) is 26.2. The van der Waals surface area contributed by atoms with Crippen LogP contribution >= 0.6 is 0 Å². The maximum atomic E-state index is 6.36. The average molecular weight is 605 g/mol. The monoisotopic (exact) mass is 604 g/mol. The Morgan fingerprint density at radius 2 is 1.06 bits per heavy atom.